The van der Waals surface area contributed by atoms with Crippen LogP contribution in [0, 0.1) is 0 Å². The molecular weight excluding hydrogens is 302 g/mol. The summed E-state index contributed by atoms with van der Waals surface area (Å²) in [6.07, 6.45) is 4.40. The summed E-state index contributed by atoms with van der Waals surface area (Å²) in [5, 5.41) is 0. The van der Waals surface area contributed by atoms with Crippen LogP contribution in [0.5, 0.6) is 11.5 Å². The summed E-state index contributed by atoms with van der Waals surface area (Å²) in [6, 6.07) is 16.5. The van der Waals surface area contributed by atoms with Gasteiger partial charge in [-0.05, 0) is 35.9 Å². The summed E-state index contributed by atoms with van der Waals surface area (Å²) in [7, 11) is 3.34. The molecule has 0 radical (unpaired) electrons. The standard InChI is InChI=1S/C20H24NO3/c1-22-19-14-17(15-20(16-19)23-2)8-9-21(10-12-24-13-11-21)18-6-4-3-5-7-18/h3-9,14-16H,10-13H2,1-2H3/q+1/b9-8+. The van der Waals surface area contributed by atoms with Crippen LogP contribution in [0.25, 0.3) is 6.08 Å². The van der Waals surface area contributed by atoms with Crippen molar-refractivity contribution >= 4 is 11.8 Å². The van der Waals surface area contributed by atoms with E-state index >= 15 is 0 Å². The largest absolute Gasteiger partial charge is 0.497 e. The third-order valence-corrected chi connectivity index (χ3v) is 4.47. The lowest BCUT2D eigenvalue weighted by molar-refractivity contribution is 0.0617. The molecule has 3 rings (SSSR count). The maximum atomic E-state index is 5.58. The second-order valence-electron chi connectivity index (χ2n) is 5.89. The van der Waals surface area contributed by atoms with Crippen LogP contribution in [0.15, 0.2) is 54.7 Å². The number of morpholine rings is 1. The summed E-state index contributed by atoms with van der Waals surface area (Å²) in [4.78, 5) is 0. The lowest BCUT2D eigenvalue weighted by Gasteiger charge is -2.37. The van der Waals surface area contributed by atoms with Crippen molar-refractivity contribution in [2.75, 3.05) is 40.5 Å². The molecule has 1 fully saturated rings. The van der Waals surface area contributed by atoms with Crippen LogP contribution >= 0.6 is 0 Å². The van der Waals surface area contributed by atoms with Crippen LogP contribution in [0.1, 0.15) is 5.56 Å². The van der Waals surface area contributed by atoms with Gasteiger partial charge in [-0.2, -0.15) is 0 Å². The molecule has 0 aromatic heterocycles. The van der Waals surface area contributed by atoms with Crippen molar-refractivity contribution < 1.29 is 14.2 Å². The predicted octanol–water partition coefficient (Wildman–Crippen LogP) is 3.71. The molecule has 4 nitrogen and oxygen atoms in total. The molecule has 4 heteroatoms. The number of hydrogen-bond donors (Lipinski definition) is 0. The van der Waals surface area contributed by atoms with Crippen LogP contribution in [-0.2, 0) is 4.74 Å². The molecule has 0 saturated carbocycles. The molecule has 0 N–H and O–H groups in total. The Bertz CT molecular complexity index is 669. The molecule has 1 heterocycles. The molecule has 0 aliphatic carbocycles. The molecule has 0 unspecified atom stereocenters. The monoisotopic (exact) mass is 326 g/mol. The fourth-order valence-electron chi connectivity index (χ4n) is 3.04. The number of ether oxygens (including phenoxy) is 3. The molecule has 0 spiro atoms. The molecule has 0 amide bonds. The summed E-state index contributed by atoms with van der Waals surface area (Å²) in [5.41, 5.74) is 2.35. The van der Waals surface area contributed by atoms with Gasteiger partial charge < -0.3 is 14.2 Å². The van der Waals surface area contributed by atoms with Crippen LogP contribution in [0.2, 0.25) is 0 Å². The van der Waals surface area contributed by atoms with Gasteiger partial charge in [-0.3, -0.25) is 4.48 Å². The summed E-state index contributed by atoms with van der Waals surface area (Å²) >= 11 is 0. The number of nitrogens with zero attached hydrogens (tertiary/aromatic N) is 1. The van der Waals surface area contributed by atoms with E-state index in [0.717, 1.165) is 47.8 Å². The Kier molecular flexibility index (Phi) is 5.18. The van der Waals surface area contributed by atoms with Gasteiger partial charge in [-0.15, -0.1) is 0 Å². The summed E-state index contributed by atoms with van der Waals surface area (Å²) in [5.74, 6) is 1.59. The highest BCUT2D eigenvalue weighted by Gasteiger charge is 2.30. The normalized spacial score (nSPS) is 16.9. The van der Waals surface area contributed by atoms with Gasteiger partial charge in [0.1, 0.15) is 36.5 Å². The zero-order valence-corrected chi connectivity index (χ0v) is 14.3. The average Bonchev–Trinajstić information content (AvgIpc) is 2.67. The van der Waals surface area contributed by atoms with E-state index in [1.165, 1.54) is 5.69 Å². The van der Waals surface area contributed by atoms with E-state index in [1.807, 2.05) is 18.2 Å². The first-order chi connectivity index (χ1) is 11.8. The Hall–Kier alpha value is -2.30. The van der Waals surface area contributed by atoms with Crippen molar-refractivity contribution in [3.8, 4) is 11.5 Å². The second-order valence-corrected chi connectivity index (χ2v) is 5.89. The van der Waals surface area contributed by atoms with Crippen LogP contribution in [0.4, 0.5) is 5.69 Å². The third-order valence-electron chi connectivity index (χ3n) is 4.47. The topological polar surface area (TPSA) is 27.7 Å². The van der Waals surface area contributed by atoms with Crippen LogP contribution < -0.4 is 14.0 Å². The lowest BCUT2D eigenvalue weighted by atomic mass is 10.1. The first-order valence-electron chi connectivity index (χ1n) is 8.18. The van der Waals surface area contributed by atoms with Gasteiger partial charge in [0.2, 0.25) is 0 Å². The first-order valence-corrected chi connectivity index (χ1v) is 8.18. The Labute approximate surface area is 143 Å². The maximum Gasteiger partial charge on any atom is 0.137 e. The molecule has 0 bridgehead atoms. The molecular formula is C20H24NO3+. The van der Waals surface area contributed by atoms with Crippen molar-refractivity contribution in [3.05, 3.63) is 60.3 Å². The third kappa shape index (κ3) is 3.61. The van der Waals surface area contributed by atoms with Gasteiger partial charge in [0, 0.05) is 6.07 Å². The molecule has 2 aromatic rings. The van der Waals surface area contributed by atoms with E-state index in [4.69, 9.17) is 14.2 Å². The second kappa shape index (κ2) is 7.51. The zero-order chi connectivity index (χ0) is 16.8. The lowest BCUT2D eigenvalue weighted by Crippen LogP contribution is -2.52. The highest BCUT2D eigenvalue weighted by molar-refractivity contribution is 5.58. The van der Waals surface area contributed by atoms with Gasteiger partial charge in [0.15, 0.2) is 0 Å². The maximum absolute atomic E-state index is 5.58. The van der Waals surface area contributed by atoms with Crippen molar-refractivity contribution in [2.24, 2.45) is 0 Å². The molecule has 2 aromatic carbocycles. The van der Waals surface area contributed by atoms with Crippen LogP contribution in [0.3, 0.4) is 0 Å². The fourth-order valence-corrected chi connectivity index (χ4v) is 3.04. The van der Waals surface area contributed by atoms with Crippen molar-refractivity contribution in [3.63, 3.8) is 0 Å². The van der Waals surface area contributed by atoms with Gasteiger partial charge in [-0.1, -0.05) is 18.2 Å². The van der Waals surface area contributed by atoms with E-state index in [1.54, 1.807) is 14.2 Å². The van der Waals surface area contributed by atoms with E-state index < -0.39 is 0 Å². The van der Waals surface area contributed by atoms with Gasteiger partial charge in [-0.25, -0.2) is 0 Å². The predicted molar refractivity (Wildman–Crippen MR) is 97.4 cm³/mol. The summed E-state index contributed by atoms with van der Waals surface area (Å²) in [6.45, 7) is 3.39. The molecule has 0 atom stereocenters. The highest BCUT2D eigenvalue weighted by Crippen LogP contribution is 2.28. The SMILES string of the molecule is COc1cc(/C=C/[N+]2(c3ccccc3)CCOCC2)cc(OC)c1. The Morgan fingerprint density at radius 2 is 1.54 bits per heavy atom. The average molecular weight is 326 g/mol. The van der Waals surface area contributed by atoms with Gasteiger partial charge in [0.25, 0.3) is 0 Å². The first kappa shape index (κ1) is 16.6. The smallest absolute Gasteiger partial charge is 0.137 e. The van der Waals surface area contributed by atoms with Crippen molar-refractivity contribution in [2.45, 2.75) is 0 Å². The van der Waals surface area contributed by atoms with E-state index in [2.05, 4.69) is 42.6 Å². The number of quaternary nitrogens is 1. The minimum Gasteiger partial charge on any atom is -0.497 e. The molecule has 126 valence electrons. The number of rotatable bonds is 5. The molecule has 1 aliphatic rings. The van der Waals surface area contributed by atoms with E-state index in [0.29, 0.717) is 0 Å². The zero-order valence-electron chi connectivity index (χ0n) is 14.3. The number of hydrogen-bond acceptors (Lipinski definition) is 3. The Morgan fingerprint density at radius 3 is 2.12 bits per heavy atom. The molecule has 24 heavy (non-hydrogen) atoms. The molecule has 1 saturated heterocycles. The van der Waals surface area contributed by atoms with E-state index in [9.17, 15) is 0 Å². The van der Waals surface area contributed by atoms with Crippen molar-refractivity contribution in [1.29, 1.82) is 0 Å². The van der Waals surface area contributed by atoms with Gasteiger partial charge in [0.05, 0.1) is 27.4 Å². The van der Waals surface area contributed by atoms with Gasteiger partial charge >= 0.3 is 0 Å². The number of methoxy groups -OCH3 is 2. The number of benzene rings is 2. The van der Waals surface area contributed by atoms with Crippen molar-refractivity contribution in [1.82, 2.24) is 4.48 Å². The minimum absolute atomic E-state index is 0.765. The quantitative estimate of drug-likeness (QED) is 0.784. The Balaban J connectivity index is 1.94. The highest BCUT2D eigenvalue weighted by atomic mass is 16.5. The van der Waals surface area contributed by atoms with Crippen LogP contribution in [-0.4, -0.2) is 40.5 Å². The van der Waals surface area contributed by atoms with E-state index in [-0.39, 0.29) is 0 Å². The Morgan fingerprint density at radius 1 is 0.917 bits per heavy atom. The summed E-state index contributed by atoms with van der Waals surface area (Å²) < 4.78 is 17.1. The molecule has 1 aliphatic heterocycles. The fraction of sp³-hybridized carbons (Fsp3) is 0.300. The minimum atomic E-state index is 0.765. The number of para-hydroxylation sites is 1.